The molecular formula is C9H12Cl2FN. The second kappa shape index (κ2) is 5.43. The maximum atomic E-state index is 12.1. The molecule has 0 unspecified atom stereocenters. The molecule has 0 fully saturated rings. The summed E-state index contributed by atoms with van der Waals surface area (Å²) < 4.78 is 12.1. The zero-order chi connectivity index (χ0) is 9.14. The lowest BCUT2D eigenvalue weighted by molar-refractivity contribution is 0.437. The number of nitrogens with two attached hydrogens (primary N) is 1. The molecule has 1 aromatic rings. The number of halogens is 3. The van der Waals surface area contributed by atoms with Gasteiger partial charge in [-0.1, -0.05) is 23.7 Å². The highest BCUT2D eigenvalue weighted by atomic mass is 35.5. The predicted octanol–water partition coefficient (Wildman–Crippen LogP) is 3.04. The van der Waals surface area contributed by atoms with Gasteiger partial charge in [0.05, 0.1) is 6.04 Å². The minimum atomic E-state index is -0.541. The molecule has 0 heterocycles. The predicted molar refractivity (Wildman–Crippen MR) is 56.3 cm³/mol. The lowest BCUT2D eigenvalue weighted by Gasteiger charge is -2.08. The Morgan fingerprint density at radius 1 is 1.54 bits per heavy atom. The van der Waals surface area contributed by atoms with E-state index in [-0.39, 0.29) is 12.4 Å². The van der Waals surface area contributed by atoms with E-state index in [1.807, 2.05) is 13.0 Å². The van der Waals surface area contributed by atoms with Crippen LogP contribution in [0.4, 0.5) is 4.39 Å². The topological polar surface area (TPSA) is 26.0 Å². The van der Waals surface area contributed by atoms with Gasteiger partial charge in [0.15, 0.2) is 0 Å². The zero-order valence-corrected chi connectivity index (χ0v) is 8.83. The van der Waals surface area contributed by atoms with E-state index in [9.17, 15) is 4.39 Å². The first-order valence-electron chi connectivity index (χ1n) is 3.72. The Labute approximate surface area is 88.5 Å². The van der Waals surface area contributed by atoms with Crippen molar-refractivity contribution in [3.05, 3.63) is 34.3 Å². The fraction of sp³-hybridized carbons (Fsp3) is 0.333. The van der Waals surface area contributed by atoms with Gasteiger partial charge in [-0.25, -0.2) is 4.39 Å². The highest BCUT2D eigenvalue weighted by Crippen LogP contribution is 2.19. The molecule has 1 aromatic carbocycles. The molecule has 1 rings (SSSR count). The highest BCUT2D eigenvalue weighted by Gasteiger charge is 2.05. The van der Waals surface area contributed by atoms with Crippen molar-refractivity contribution in [1.29, 1.82) is 0 Å². The van der Waals surface area contributed by atoms with Gasteiger partial charge in [0.2, 0.25) is 0 Å². The normalized spacial score (nSPS) is 12.0. The van der Waals surface area contributed by atoms with Gasteiger partial charge in [-0.05, 0) is 24.1 Å². The van der Waals surface area contributed by atoms with Gasteiger partial charge in [0, 0.05) is 5.02 Å². The number of hydrogen-bond donors (Lipinski definition) is 1. The Hall–Kier alpha value is -0.310. The van der Waals surface area contributed by atoms with Crippen molar-refractivity contribution in [3.8, 4) is 0 Å². The molecule has 0 spiro atoms. The van der Waals surface area contributed by atoms with E-state index in [0.717, 1.165) is 11.1 Å². The average molecular weight is 224 g/mol. The lowest BCUT2D eigenvalue weighted by Crippen LogP contribution is -2.12. The largest absolute Gasteiger partial charge is 0.322 e. The maximum Gasteiger partial charge on any atom is 0.109 e. The van der Waals surface area contributed by atoms with Crippen molar-refractivity contribution < 1.29 is 4.39 Å². The van der Waals surface area contributed by atoms with Gasteiger partial charge in [0.25, 0.3) is 0 Å². The number of rotatable bonds is 2. The summed E-state index contributed by atoms with van der Waals surface area (Å²) in [6, 6.07) is 4.77. The first-order valence-corrected chi connectivity index (χ1v) is 4.10. The second-order valence-electron chi connectivity index (χ2n) is 2.77. The molecule has 1 atom stereocenters. The molecule has 1 nitrogen and oxygen atoms in total. The van der Waals surface area contributed by atoms with E-state index in [4.69, 9.17) is 17.3 Å². The number of alkyl halides is 1. The molecule has 0 amide bonds. The Kier molecular flexibility index (Phi) is 5.30. The summed E-state index contributed by atoms with van der Waals surface area (Å²) in [5.41, 5.74) is 7.22. The van der Waals surface area contributed by atoms with Crippen LogP contribution in [0.5, 0.6) is 0 Å². The van der Waals surface area contributed by atoms with Crippen molar-refractivity contribution in [2.24, 2.45) is 5.73 Å². The van der Waals surface area contributed by atoms with Crippen molar-refractivity contribution >= 4 is 24.0 Å². The number of hydrogen-bond acceptors (Lipinski definition) is 1. The average Bonchev–Trinajstić information content (AvgIpc) is 2.08. The fourth-order valence-electron chi connectivity index (χ4n) is 0.988. The summed E-state index contributed by atoms with van der Waals surface area (Å²) in [5, 5.41) is 0.685. The Balaban J connectivity index is 0.00000144. The van der Waals surface area contributed by atoms with Crippen LogP contribution in [0, 0.1) is 6.92 Å². The van der Waals surface area contributed by atoms with Gasteiger partial charge in [0.1, 0.15) is 6.67 Å². The van der Waals surface area contributed by atoms with Crippen LogP contribution in [0.3, 0.4) is 0 Å². The van der Waals surface area contributed by atoms with Crippen LogP contribution in [0.25, 0.3) is 0 Å². The zero-order valence-electron chi connectivity index (χ0n) is 7.26. The molecule has 0 aliphatic rings. The SMILES string of the molecule is Cc1cc([C@@H](N)CF)ccc1Cl.Cl. The summed E-state index contributed by atoms with van der Waals surface area (Å²) in [4.78, 5) is 0. The van der Waals surface area contributed by atoms with Crippen LogP contribution in [0.2, 0.25) is 5.02 Å². The van der Waals surface area contributed by atoms with Gasteiger partial charge in [-0.15, -0.1) is 12.4 Å². The van der Waals surface area contributed by atoms with E-state index in [1.54, 1.807) is 12.1 Å². The monoisotopic (exact) mass is 223 g/mol. The van der Waals surface area contributed by atoms with Gasteiger partial charge in [-0.3, -0.25) is 0 Å². The molecule has 4 heteroatoms. The Morgan fingerprint density at radius 2 is 2.15 bits per heavy atom. The third-order valence-corrected chi connectivity index (χ3v) is 2.20. The van der Waals surface area contributed by atoms with E-state index in [1.165, 1.54) is 0 Å². The maximum absolute atomic E-state index is 12.1. The lowest BCUT2D eigenvalue weighted by atomic mass is 10.1. The third-order valence-electron chi connectivity index (χ3n) is 1.78. The van der Waals surface area contributed by atoms with E-state index in [0.29, 0.717) is 5.02 Å². The van der Waals surface area contributed by atoms with E-state index >= 15 is 0 Å². The molecule has 0 bridgehead atoms. The molecule has 0 aliphatic heterocycles. The van der Waals surface area contributed by atoms with Crippen molar-refractivity contribution in [2.75, 3.05) is 6.67 Å². The third kappa shape index (κ3) is 3.14. The summed E-state index contributed by atoms with van der Waals surface area (Å²) in [6.45, 7) is 1.33. The molecule has 0 radical (unpaired) electrons. The number of benzene rings is 1. The summed E-state index contributed by atoms with van der Waals surface area (Å²) in [6.07, 6.45) is 0. The first kappa shape index (κ1) is 12.7. The molecule has 0 aromatic heterocycles. The standard InChI is InChI=1S/C9H11ClFN.ClH/c1-6-4-7(9(12)5-11)2-3-8(6)10;/h2-4,9H,5,12H2,1H3;1H/t9-;/m0./s1. The van der Waals surface area contributed by atoms with E-state index in [2.05, 4.69) is 0 Å². The van der Waals surface area contributed by atoms with Crippen LogP contribution in [0.15, 0.2) is 18.2 Å². The van der Waals surface area contributed by atoms with Gasteiger partial charge >= 0.3 is 0 Å². The first-order chi connectivity index (χ1) is 5.65. The minimum Gasteiger partial charge on any atom is -0.322 e. The van der Waals surface area contributed by atoms with Crippen LogP contribution in [-0.4, -0.2) is 6.67 Å². The minimum absolute atomic E-state index is 0. The molecular weight excluding hydrogens is 212 g/mol. The molecule has 2 N–H and O–H groups in total. The molecule has 0 saturated heterocycles. The van der Waals surface area contributed by atoms with Crippen LogP contribution < -0.4 is 5.73 Å². The Bertz CT molecular complexity index is 278. The summed E-state index contributed by atoms with van der Waals surface area (Å²) >= 11 is 5.79. The second-order valence-corrected chi connectivity index (χ2v) is 3.18. The van der Waals surface area contributed by atoms with Crippen LogP contribution in [-0.2, 0) is 0 Å². The van der Waals surface area contributed by atoms with Crippen LogP contribution >= 0.6 is 24.0 Å². The smallest absolute Gasteiger partial charge is 0.109 e. The van der Waals surface area contributed by atoms with Crippen LogP contribution in [0.1, 0.15) is 17.2 Å². The quantitative estimate of drug-likeness (QED) is 0.820. The molecule has 74 valence electrons. The summed E-state index contributed by atoms with van der Waals surface area (Å²) in [5.74, 6) is 0. The van der Waals surface area contributed by atoms with Crippen molar-refractivity contribution in [3.63, 3.8) is 0 Å². The molecule has 13 heavy (non-hydrogen) atoms. The highest BCUT2D eigenvalue weighted by molar-refractivity contribution is 6.31. The Morgan fingerprint density at radius 3 is 2.62 bits per heavy atom. The molecule has 0 aliphatic carbocycles. The summed E-state index contributed by atoms with van der Waals surface area (Å²) in [7, 11) is 0. The van der Waals surface area contributed by atoms with Gasteiger partial charge in [-0.2, -0.15) is 0 Å². The fourth-order valence-corrected chi connectivity index (χ4v) is 1.11. The van der Waals surface area contributed by atoms with Crippen molar-refractivity contribution in [2.45, 2.75) is 13.0 Å². The van der Waals surface area contributed by atoms with Gasteiger partial charge < -0.3 is 5.73 Å². The van der Waals surface area contributed by atoms with E-state index < -0.39 is 12.7 Å². The number of aryl methyl sites for hydroxylation is 1. The molecule has 0 saturated carbocycles. The van der Waals surface area contributed by atoms with Crippen molar-refractivity contribution in [1.82, 2.24) is 0 Å².